The smallest absolute Gasteiger partial charge is 0.0761 e. The highest BCUT2D eigenvalue weighted by molar-refractivity contribution is 6.35. The Morgan fingerprint density at radius 2 is 2.04 bits per heavy atom. The Morgan fingerprint density at radius 1 is 1.16 bits per heavy atom. The highest BCUT2D eigenvalue weighted by atomic mass is 35.5. The van der Waals surface area contributed by atoms with Gasteiger partial charge in [-0.1, -0.05) is 47.5 Å². The minimum Gasteiger partial charge on any atom is -0.313 e. The zero-order chi connectivity index (χ0) is 17.4. The summed E-state index contributed by atoms with van der Waals surface area (Å²) in [5.74, 6) is 0. The minimum atomic E-state index is 0.0273. The minimum absolute atomic E-state index is 0.0273. The summed E-state index contributed by atoms with van der Waals surface area (Å²) < 4.78 is 2.04. The van der Waals surface area contributed by atoms with Crippen molar-refractivity contribution in [1.82, 2.24) is 15.1 Å². The van der Waals surface area contributed by atoms with E-state index in [2.05, 4.69) is 41.6 Å². The van der Waals surface area contributed by atoms with Crippen molar-refractivity contribution in [3.05, 3.63) is 69.8 Å². The Balaban J connectivity index is 1.77. The summed E-state index contributed by atoms with van der Waals surface area (Å²) in [6.45, 7) is 4.07. The fraction of sp³-hybridized carbons (Fsp3) is 0.250. The predicted octanol–water partition coefficient (Wildman–Crippen LogP) is 5.33. The molecule has 0 amide bonds. The van der Waals surface area contributed by atoms with Crippen molar-refractivity contribution in [2.45, 2.75) is 19.4 Å². The van der Waals surface area contributed by atoms with Crippen LogP contribution in [0.15, 0.2) is 48.7 Å². The van der Waals surface area contributed by atoms with E-state index in [0.29, 0.717) is 10.0 Å². The van der Waals surface area contributed by atoms with Gasteiger partial charge in [0.25, 0.3) is 0 Å². The molecule has 2 heterocycles. The van der Waals surface area contributed by atoms with Crippen LogP contribution in [0.3, 0.4) is 0 Å². The molecule has 1 aromatic heterocycles. The number of fused-ring (bicyclic) bond motifs is 1. The van der Waals surface area contributed by atoms with Crippen LogP contribution >= 0.6 is 23.2 Å². The summed E-state index contributed by atoms with van der Waals surface area (Å²) in [7, 11) is 0. The zero-order valence-corrected chi connectivity index (χ0v) is 15.5. The Kier molecular flexibility index (Phi) is 4.55. The molecule has 3 aromatic rings. The van der Waals surface area contributed by atoms with Crippen LogP contribution < -0.4 is 5.32 Å². The van der Waals surface area contributed by atoms with Crippen LogP contribution in [0.1, 0.15) is 30.5 Å². The van der Waals surface area contributed by atoms with E-state index in [1.807, 2.05) is 23.0 Å². The monoisotopic (exact) mass is 371 g/mol. The number of halogens is 2. The first kappa shape index (κ1) is 16.6. The van der Waals surface area contributed by atoms with E-state index in [-0.39, 0.29) is 6.04 Å². The van der Waals surface area contributed by atoms with Gasteiger partial charge in [0.15, 0.2) is 0 Å². The second-order valence-corrected chi connectivity index (χ2v) is 7.23. The normalized spacial score (nSPS) is 16.0. The van der Waals surface area contributed by atoms with Gasteiger partial charge in [0.1, 0.15) is 0 Å². The average Bonchev–Trinajstić information content (AvgIpc) is 3.05. The Morgan fingerprint density at radius 3 is 2.80 bits per heavy atom. The molecule has 4 rings (SSSR count). The third kappa shape index (κ3) is 3.20. The highest BCUT2D eigenvalue weighted by Crippen LogP contribution is 2.31. The van der Waals surface area contributed by atoms with Gasteiger partial charge in [-0.2, -0.15) is 5.10 Å². The van der Waals surface area contributed by atoms with E-state index in [1.54, 1.807) is 6.07 Å². The average molecular weight is 372 g/mol. The lowest BCUT2D eigenvalue weighted by atomic mass is 9.99. The summed E-state index contributed by atoms with van der Waals surface area (Å²) in [6.07, 6.45) is 5.24. The molecule has 1 aliphatic rings. The van der Waals surface area contributed by atoms with Crippen LogP contribution in [0.2, 0.25) is 10.0 Å². The fourth-order valence-electron chi connectivity index (χ4n) is 3.40. The molecule has 128 valence electrons. The number of nitrogens with one attached hydrogen (secondary N) is 1. The molecule has 3 nitrogen and oxygen atoms in total. The van der Waals surface area contributed by atoms with Crippen molar-refractivity contribution in [3.8, 4) is 0 Å². The Hall–Kier alpha value is -1.81. The molecule has 0 fully saturated rings. The predicted molar refractivity (Wildman–Crippen MR) is 105 cm³/mol. The van der Waals surface area contributed by atoms with Crippen molar-refractivity contribution >= 4 is 39.7 Å². The van der Waals surface area contributed by atoms with Gasteiger partial charge in [-0.3, -0.25) is 4.68 Å². The van der Waals surface area contributed by atoms with Gasteiger partial charge < -0.3 is 5.32 Å². The summed E-state index contributed by atoms with van der Waals surface area (Å²) in [6, 6.07) is 12.2. The second-order valence-electron chi connectivity index (χ2n) is 6.39. The van der Waals surface area contributed by atoms with Gasteiger partial charge in [0, 0.05) is 22.0 Å². The molecular weight excluding hydrogens is 353 g/mol. The maximum absolute atomic E-state index is 6.40. The number of hydrogen-bond donors (Lipinski definition) is 1. The molecule has 0 radical (unpaired) electrons. The molecule has 1 aliphatic heterocycles. The summed E-state index contributed by atoms with van der Waals surface area (Å²) in [5, 5.41) is 10.4. The molecule has 1 N–H and O–H groups in total. The lowest BCUT2D eigenvalue weighted by Gasteiger charge is -2.17. The first-order valence-corrected chi connectivity index (χ1v) is 9.21. The van der Waals surface area contributed by atoms with E-state index in [1.165, 1.54) is 11.1 Å². The maximum atomic E-state index is 6.40. The van der Waals surface area contributed by atoms with E-state index < -0.39 is 0 Å². The van der Waals surface area contributed by atoms with Crippen LogP contribution in [0, 0.1) is 0 Å². The third-order valence-corrected chi connectivity index (χ3v) is 5.38. The van der Waals surface area contributed by atoms with Crippen LogP contribution in [-0.4, -0.2) is 22.9 Å². The quantitative estimate of drug-likeness (QED) is 0.674. The molecule has 2 aromatic carbocycles. The summed E-state index contributed by atoms with van der Waals surface area (Å²) in [4.78, 5) is 0. The summed E-state index contributed by atoms with van der Waals surface area (Å²) in [5.41, 5.74) is 4.80. The molecule has 0 bridgehead atoms. The van der Waals surface area contributed by atoms with E-state index >= 15 is 0 Å². The second kappa shape index (κ2) is 6.83. The van der Waals surface area contributed by atoms with E-state index in [4.69, 9.17) is 23.2 Å². The Labute approximate surface area is 157 Å². The molecule has 1 unspecified atom stereocenters. The van der Waals surface area contributed by atoms with Crippen LogP contribution in [0.4, 0.5) is 0 Å². The number of hydrogen-bond acceptors (Lipinski definition) is 2. The van der Waals surface area contributed by atoms with Crippen LogP contribution in [0.5, 0.6) is 0 Å². The van der Waals surface area contributed by atoms with Crippen molar-refractivity contribution in [1.29, 1.82) is 0 Å². The maximum Gasteiger partial charge on any atom is 0.0761 e. The van der Waals surface area contributed by atoms with Crippen molar-refractivity contribution in [3.63, 3.8) is 0 Å². The molecule has 0 spiro atoms. The van der Waals surface area contributed by atoms with E-state index in [0.717, 1.165) is 36.0 Å². The van der Waals surface area contributed by atoms with Gasteiger partial charge in [0.2, 0.25) is 0 Å². The molecule has 0 saturated heterocycles. The Bertz CT molecular complexity index is 959. The van der Waals surface area contributed by atoms with Crippen LogP contribution in [0.25, 0.3) is 16.5 Å². The topological polar surface area (TPSA) is 29.9 Å². The van der Waals surface area contributed by atoms with Crippen molar-refractivity contribution in [2.24, 2.45) is 0 Å². The number of nitrogens with zero attached hydrogens (tertiary/aromatic N) is 2. The molecule has 25 heavy (non-hydrogen) atoms. The van der Waals surface area contributed by atoms with Crippen LogP contribution in [-0.2, 0) is 0 Å². The summed E-state index contributed by atoms with van der Waals surface area (Å²) >= 11 is 12.4. The van der Waals surface area contributed by atoms with Gasteiger partial charge in [-0.05, 0) is 54.8 Å². The van der Waals surface area contributed by atoms with Crippen molar-refractivity contribution in [2.75, 3.05) is 13.1 Å². The number of benzene rings is 2. The fourth-order valence-corrected chi connectivity index (χ4v) is 3.97. The van der Waals surface area contributed by atoms with Gasteiger partial charge in [-0.15, -0.1) is 0 Å². The standard InChI is InChI=1S/C20H19Cl2N3/c1-13(18-5-4-17(21)11-19(18)22)25-20-10-15(2-3-16(20)12-24-25)14-6-8-23-9-7-14/h2-6,10-13,23H,7-9H2,1H3. The third-order valence-electron chi connectivity index (χ3n) is 4.81. The van der Waals surface area contributed by atoms with E-state index in [9.17, 15) is 0 Å². The highest BCUT2D eigenvalue weighted by Gasteiger charge is 2.16. The first-order valence-electron chi connectivity index (χ1n) is 8.46. The molecular formula is C20H19Cl2N3. The number of aromatic nitrogens is 2. The molecule has 1 atom stereocenters. The van der Waals surface area contributed by atoms with Gasteiger partial charge >= 0.3 is 0 Å². The van der Waals surface area contributed by atoms with Gasteiger partial charge in [-0.25, -0.2) is 0 Å². The zero-order valence-electron chi connectivity index (χ0n) is 14.0. The van der Waals surface area contributed by atoms with Crippen molar-refractivity contribution < 1.29 is 0 Å². The molecule has 5 heteroatoms. The molecule has 0 aliphatic carbocycles. The lowest BCUT2D eigenvalue weighted by molar-refractivity contribution is 0.584. The molecule has 0 saturated carbocycles. The number of rotatable bonds is 3. The van der Waals surface area contributed by atoms with Gasteiger partial charge in [0.05, 0.1) is 17.8 Å². The first-order chi connectivity index (χ1) is 12.1. The lowest BCUT2D eigenvalue weighted by Crippen LogP contribution is -2.20. The SMILES string of the molecule is CC(c1ccc(Cl)cc1Cl)n1ncc2ccc(C3=CCNCC3)cc21. The largest absolute Gasteiger partial charge is 0.313 e.